The molecular formula is C27H25N3O. The van der Waals surface area contributed by atoms with Crippen LogP contribution in [-0.4, -0.2) is 9.55 Å². The molecule has 1 aromatic heterocycles. The van der Waals surface area contributed by atoms with Crippen molar-refractivity contribution in [3.63, 3.8) is 0 Å². The molecular weight excluding hydrogens is 382 g/mol. The maximum Gasteiger partial charge on any atom is 0.124 e. The van der Waals surface area contributed by atoms with Gasteiger partial charge in [0.05, 0.1) is 36.5 Å². The van der Waals surface area contributed by atoms with E-state index >= 15 is 0 Å². The van der Waals surface area contributed by atoms with Crippen LogP contribution in [0.15, 0.2) is 79.3 Å². The number of rotatable bonds is 6. The van der Waals surface area contributed by atoms with Crippen molar-refractivity contribution in [1.82, 2.24) is 9.55 Å². The summed E-state index contributed by atoms with van der Waals surface area (Å²) in [4.78, 5) is 4.30. The third kappa shape index (κ3) is 4.42. The average Bonchev–Trinajstić information content (AvgIpc) is 3.20. The fourth-order valence-corrected chi connectivity index (χ4v) is 3.87. The smallest absolute Gasteiger partial charge is 0.124 e. The van der Waals surface area contributed by atoms with Gasteiger partial charge in [0.25, 0.3) is 0 Å². The van der Waals surface area contributed by atoms with E-state index in [1.165, 1.54) is 5.56 Å². The molecule has 0 radical (unpaired) electrons. The fraction of sp³-hybridized carbons (Fsp3) is 0.185. The van der Waals surface area contributed by atoms with Gasteiger partial charge in [0, 0.05) is 12.6 Å². The molecule has 1 heterocycles. The second-order valence-electron chi connectivity index (χ2n) is 7.84. The molecule has 0 aliphatic rings. The second kappa shape index (κ2) is 8.99. The molecule has 0 saturated carbocycles. The second-order valence-corrected chi connectivity index (χ2v) is 7.84. The van der Waals surface area contributed by atoms with Gasteiger partial charge >= 0.3 is 0 Å². The highest BCUT2D eigenvalue weighted by Gasteiger charge is 2.20. The SMILES string of the molecule is Cc1cccc(COC(c2ccc(C#N)c(-c3ccccc3C)c2)c2cncn2C)c1. The van der Waals surface area contributed by atoms with E-state index in [1.54, 1.807) is 6.33 Å². The fourth-order valence-electron chi connectivity index (χ4n) is 3.87. The first-order chi connectivity index (χ1) is 15.1. The molecule has 154 valence electrons. The van der Waals surface area contributed by atoms with E-state index < -0.39 is 0 Å². The highest BCUT2D eigenvalue weighted by Crippen LogP contribution is 2.33. The molecule has 0 saturated heterocycles. The third-order valence-corrected chi connectivity index (χ3v) is 5.52. The van der Waals surface area contributed by atoms with Gasteiger partial charge in [-0.15, -0.1) is 0 Å². The molecule has 0 aliphatic heterocycles. The van der Waals surface area contributed by atoms with E-state index in [9.17, 15) is 5.26 Å². The quantitative estimate of drug-likeness (QED) is 0.401. The molecule has 4 heteroatoms. The van der Waals surface area contributed by atoms with Crippen LogP contribution in [0.2, 0.25) is 0 Å². The number of hydrogen-bond acceptors (Lipinski definition) is 3. The van der Waals surface area contributed by atoms with Crippen molar-refractivity contribution >= 4 is 0 Å². The Morgan fingerprint density at radius 2 is 1.84 bits per heavy atom. The van der Waals surface area contributed by atoms with Gasteiger partial charge in [0.15, 0.2) is 0 Å². The van der Waals surface area contributed by atoms with Crippen molar-refractivity contribution in [3.05, 3.63) is 113 Å². The average molecular weight is 408 g/mol. The van der Waals surface area contributed by atoms with Crippen LogP contribution in [0.3, 0.4) is 0 Å². The molecule has 0 N–H and O–H groups in total. The molecule has 4 aromatic rings. The zero-order chi connectivity index (χ0) is 21.8. The third-order valence-electron chi connectivity index (χ3n) is 5.52. The predicted molar refractivity (Wildman–Crippen MR) is 122 cm³/mol. The van der Waals surface area contributed by atoms with Crippen molar-refractivity contribution in [1.29, 1.82) is 5.26 Å². The number of hydrogen-bond donors (Lipinski definition) is 0. The molecule has 1 atom stereocenters. The van der Waals surface area contributed by atoms with Crippen LogP contribution in [0.5, 0.6) is 0 Å². The molecule has 0 bridgehead atoms. The topological polar surface area (TPSA) is 50.8 Å². The van der Waals surface area contributed by atoms with Crippen LogP contribution >= 0.6 is 0 Å². The van der Waals surface area contributed by atoms with Gasteiger partial charge in [0.2, 0.25) is 0 Å². The molecule has 3 aromatic carbocycles. The van der Waals surface area contributed by atoms with Gasteiger partial charge in [-0.2, -0.15) is 5.26 Å². The first kappa shape index (κ1) is 20.6. The van der Waals surface area contributed by atoms with Crippen molar-refractivity contribution in [3.8, 4) is 17.2 Å². The number of aromatic nitrogens is 2. The van der Waals surface area contributed by atoms with Crippen molar-refractivity contribution < 1.29 is 4.74 Å². The largest absolute Gasteiger partial charge is 0.363 e. The number of nitriles is 1. The first-order valence-electron chi connectivity index (χ1n) is 10.3. The number of imidazole rings is 1. The Kier molecular flexibility index (Phi) is 5.97. The standard InChI is InChI=1S/C27H25N3O/c1-19-7-6-9-21(13-19)17-31-27(26-16-29-18-30(26)3)22-11-12-23(15-28)25(14-22)24-10-5-4-8-20(24)2/h4-14,16,18,27H,17H2,1-3H3. The molecule has 0 amide bonds. The van der Waals surface area contributed by atoms with Gasteiger partial charge in [-0.25, -0.2) is 4.98 Å². The van der Waals surface area contributed by atoms with E-state index in [1.807, 2.05) is 48.1 Å². The lowest BCUT2D eigenvalue weighted by atomic mass is 9.93. The molecule has 1 unspecified atom stereocenters. The summed E-state index contributed by atoms with van der Waals surface area (Å²) in [5.74, 6) is 0. The lowest BCUT2D eigenvalue weighted by Crippen LogP contribution is -2.11. The van der Waals surface area contributed by atoms with Gasteiger partial charge < -0.3 is 9.30 Å². The summed E-state index contributed by atoms with van der Waals surface area (Å²) in [6.45, 7) is 4.63. The summed E-state index contributed by atoms with van der Waals surface area (Å²) in [6, 6.07) is 24.8. The van der Waals surface area contributed by atoms with Crippen molar-refractivity contribution in [2.75, 3.05) is 0 Å². The van der Waals surface area contributed by atoms with Crippen LogP contribution in [0.25, 0.3) is 11.1 Å². The first-order valence-corrected chi connectivity index (χ1v) is 10.3. The zero-order valence-electron chi connectivity index (χ0n) is 18.0. The van der Waals surface area contributed by atoms with Crippen LogP contribution in [0, 0.1) is 25.2 Å². The zero-order valence-corrected chi connectivity index (χ0v) is 18.0. The lowest BCUT2D eigenvalue weighted by molar-refractivity contribution is 0.0622. The Morgan fingerprint density at radius 1 is 1.00 bits per heavy atom. The van der Waals surface area contributed by atoms with E-state index in [-0.39, 0.29) is 6.10 Å². The minimum Gasteiger partial charge on any atom is -0.363 e. The summed E-state index contributed by atoms with van der Waals surface area (Å²) in [5, 5.41) is 9.71. The molecule has 4 rings (SSSR count). The van der Waals surface area contributed by atoms with E-state index in [4.69, 9.17) is 4.74 Å². The number of nitrogens with zero attached hydrogens (tertiary/aromatic N) is 3. The van der Waals surface area contributed by atoms with Crippen LogP contribution in [0.4, 0.5) is 0 Å². The Hall–Kier alpha value is -3.68. The van der Waals surface area contributed by atoms with Crippen LogP contribution in [-0.2, 0) is 18.4 Å². The molecule has 31 heavy (non-hydrogen) atoms. The Balaban J connectivity index is 1.76. The van der Waals surface area contributed by atoms with Gasteiger partial charge in [-0.05, 0) is 48.2 Å². The predicted octanol–water partition coefficient (Wildman–Crippen LogP) is 5.88. The van der Waals surface area contributed by atoms with Crippen LogP contribution < -0.4 is 0 Å². The lowest BCUT2D eigenvalue weighted by Gasteiger charge is -2.21. The summed E-state index contributed by atoms with van der Waals surface area (Å²) in [6.07, 6.45) is 3.32. The van der Waals surface area contributed by atoms with Gasteiger partial charge in [-0.3, -0.25) is 0 Å². The normalized spacial score (nSPS) is 11.8. The summed E-state index contributed by atoms with van der Waals surface area (Å²) >= 11 is 0. The number of ether oxygens (including phenoxy) is 1. The molecule has 0 aliphatic carbocycles. The highest BCUT2D eigenvalue weighted by molar-refractivity contribution is 5.74. The molecule has 0 spiro atoms. The Morgan fingerprint density at radius 3 is 2.55 bits per heavy atom. The highest BCUT2D eigenvalue weighted by atomic mass is 16.5. The summed E-state index contributed by atoms with van der Waals surface area (Å²) in [5.41, 5.74) is 8.06. The summed E-state index contributed by atoms with van der Waals surface area (Å²) < 4.78 is 8.42. The van der Waals surface area contributed by atoms with E-state index in [0.717, 1.165) is 33.5 Å². The van der Waals surface area contributed by atoms with Crippen molar-refractivity contribution in [2.45, 2.75) is 26.6 Å². The number of aryl methyl sites for hydroxylation is 3. The minimum atomic E-state index is -0.302. The van der Waals surface area contributed by atoms with Crippen molar-refractivity contribution in [2.24, 2.45) is 7.05 Å². The maximum absolute atomic E-state index is 9.71. The molecule has 4 nitrogen and oxygen atoms in total. The van der Waals surface area contributed by atoms with Gasteiger partial charge in [-0.1, -0.05) is 60.2 Å². The van der Waals surface area contributed by atoms with E-state index in [2.05, 4.69) is 61.3 Å². The van der Waals surface area contributed by atoms with E-state index in [0.29, 0.717) is 12.2 Å². The Labute approximate surface area is 183 Å². The monoisotopic (exact) mass is 407 g/mol. The maximum atomic E-state index is 9.71. The van der Waals surface area contributed by atoms with Gasteiger partial charge in [0.1, 0.15) is 6.10 Å². The minimum absolute atomic E-state index is 0.302. The molecule has 0 fully saturated rings. The van der Waals surface area contributed by atoms with Crippen LogP contribution in [0.1, 0.15) is 39.6 Å². The number of benzene rings is 3. The summed E-state index contributed by atoms with van der Waals surface area (Å²) in [7, 11) is 1.97. The Bertz CT molecular complexity index is 1250.